The number of aromatic nitrogens is 6. The number of nitrogens with one attached hydrogen (secondary N) is 5. The number of hydrogen-bond donors (Lipinski definition) is 7. The number of anilines is 4. The molecule has 2 aliphatic rings. The second-order valence-electron chi connectivity index (χ2n) is 18.2. The van der Waals surface area contributed by atoms with Gasteiger partial charge in [0.05, 0.1) is 57.1 Å². The van der Waals surface area contributed by atoms with E-state index in [4.69, 9.17) is 16.7 Å². The molecule has 15 nitrogen and oxygen atoms in total. The molecule has 3 aromatic carbocycles. The lowest BCUT2D eigenvalue weighted by molar-refractivity contribution is 0.0939. The smallest absolute Gasteiger partial charge is 0.251 e. The Balaban J connectivity index is 0.000000185. The molecule has 0 bridgehead atoms. The molecule has 4 aromatic heterocycles. The molecule has 4 heterocycles. The zero-order chi connectivity index (χ0) is 47.1. The lowest BCUT2D eigenvalue weighted by atomic mass is 10.0. The summed E-state index contributed by atoms with van der Waals surface area (Å²) in [5.41, 5.74) is 7.51. The van der Waals surface area contributed by atoms with Gasteiger partial charge in [0.1, 0.15) is 10.4 Å². The van der Waals surface area contributed by atoms with Crippen LogP contribution in [0.4, 0.5) is 27.3 Å². The van der Waals surface area contributed by atoms with E-state index < -0.39 is 17.0 Å². The van der Waals surface area contributed by atoms with Gasteiger partial charge in [-0.2, -0.15) is 5.10 Å². The number of carbonyl (C=O) groups excluding carboxylic acids is 2. The maximum absolute atomic E-state index is 14.0. The Bertz CT molecular complexity index is 2970. The van der Waals surface area contributed by atoms with Crippen molar-refractivity contribution in [2.75, 3.05) is 29.0 Å². The number of aliphatic hydroxyl groups is 2. The zero-order valence-corrected chi connectivity index (χ0v) is 39.8. The van der Waals surface area contributed by atoms with Gasteiger partial charge in [-0.05, 0) is 137 Å². The molecule has 0 aliphatic heterocycles. The van der Waals surface area contributed by atoms with Gasteiger partial charge in [-0.25, -0.2) is 23.4 Å². The highest BCUT2D eigenvalue weighted by Gasteiger charge is 2.26. The van der Waals surface area contributed by atoms with E-state index in [1.165, 1.54) is 6.07 Å². The lowest BCUT2D eigenvalue weighted by Crippen LogP contribution is -2.29. The molecule has 0 radical (unpaired) electrons. The normalized spacial score (nSPS) is 13.9. The standard InChI is InChI=1S/C27H28ClFN6O2.C21H24BrN5O2/c1-15-11-16(7-10-18(15)26(36)32-17-8-9-17)22-13-30-25-21(31-14-27(2,3)37)12-23(34-35(22)25)33-20-6-4-5-19(29)24(20)28;1-12-8-13(4-7-15(12)20(28)25-14-5-6-14)17-10-23-19-16(24-11-21(2,3)29)9-18(22)26-27(17)19/h4-7,10-13,17,31,37H,8-9,14H2,1-3H3,(H,32,36)(H,33,34);4,7-10,14,24,29H,5-6,11H2,1-3H3,(H,25,28). The first kappa shape index (κ1) is 46.4. The molecular formula is C48H52BrClFN11O4. The molecule has 0 unspecified atom stereocenters. The number of imidazole rings is 2. The Kier molecular flexibility index (Phi) is 13.1. The second kappa shape index (κ2) is 18.6. The summed E-state index contributed by atoms with van der Waals surface area (Å²) in [6.07, 6.45) is 7.65. The van der Waals surface area contributed by atoms with Gasteiger partial charge in [-0.15, -0.1) is 5.10 Å². The summed E-state index contributed by atoms with van der Waals surface area (Å²) in [6, 6.07) is 20.0. The predicted molar refractivity (Wildman–Crippen MR) is 259 cm³/mol. The molecule has 0 atom stereocenters. The third kappa shape index (κ3) is 11.1. The highest BCUT2D eigenvalue weighted by atomic mass is 79.9. The third-order valence-corrected chi connectivity index (χ3v) is 11.7. The first-order valence-electron chi connectivity index (χ1n) is 21.7. The Labute approximate surface area is 394 Å². The van der Waals surface area contributed by atoms with E-state index in [2.05, 4.69) is 57.6 Å². The molecule has 7 N–H and O–H groups in total. The molecule has 2 amide bonds. The Morgan fingerprint density at radius 2 is 1.21 bits per heavy atom. The van der Waals surface area contributed by atoms with Crippen molar-refractivity contribution < 1.29 is 24.2 Å². The van der Waals surface area contributed by atoms with Gasteiger partial charge < -0.3 is 36.8 Å². The predicted octanol–water partition coefficient (Wildman–Crippen LogP) is 8.86. The molecule has 344 valence electrons. The molecule has 18 heteroatoms. The van der Waals surface area contributed by atoms with E-state index in [1.54, 1.807) is 67.3 Å². The van der Waals surface area contributed by atoms with Crippen LogP contribution in [-0.2, 0) is 0 Å². The third-order valence-electron chi connectivity index (χ3n) is 10.9. The molecule has 2 saturated carbocycles. The Hall–Kier alpha value is -6.14. The lowest BCUT2D eigenvalue weighted by Gasteiger charge is -2.19. The van der Waals surface area contributed by atoms with E-state index in [1.807, 2.05) is 56.3 Å². The van der Waals surface area contributed by atoms with E-state index in [9.17, 15) is 24.2 Å². The fourth-order valence-electron chi connectivity index (χ4n) is 7.12. The van der Waals surface area contributed by atoms with Crippen LogP contribution >= 0.6 is 27.5 Å². The average Bonchev–Trinajstić information content (AvgIpc) is 4.17. The van der Waals surface area contributed by atoms with Crippen molar-refractivity contribution >= 4 is 73.5 Å². The van der Waals surface area contributed by atoms with Gasteiger partial charge in [0, 0.05) is 53.5 Å². The molecule has 0 spiro atoms. The van der Waals surface area contributed by atoms with E-state index in [0.717, 1.165) is 59.3 Å². The van der Waals surface area contributed by atoms with Crippen molar-refractivity contribution in [1.82, 2.24) is 39.8 Å². The maximum Gasteiger partial charge on any atom is 0.251 e. The van der Waals surface area contributed by atoms with Crippen molar-refractivity contribution in [2.24, 2.45) is 0 Å². The fourth-order valence-corrected chi connectivity index (χ4v) is 7.68. The average molecular weight is 981 g/mol. The number of nitrogens with zero attached hydrogens (tertiary/aromatic N) is 6. The molecule has 9 rings (SSSR count). The van der Waals surface area contributed by atoms with Crippen LogP contribution in [0.5, 0.6) is 0 Å². The molecular weight excluding hydrogens is 929 g/mol. The summed E-state index contributed by atoms with van der Waals surface area (Å²) in [6.45, 7) is 11.4. The van der Waals surface area contributed by atoms with Crippen LogP contribution in [0.2, 0.25) is 5.02 Å². The second-order valence-corrected chi connectivity index (χ2v) is 19.4. The van der Waals surface area contributed by atoms with Crippen LogP contribution in [-0.4, -0.2) is 87.6 Å². The van der Waals surface area contributed by atoms with Crippen LogP contribution in [0.15, 0.2) is 83.7 Å². The molecule has 0 saturated heterocycles. The van der Waals surface area contributed by atoms with Gasteiger partial charge in [0.25, 0.3) is 11.8 Å². The summed E-state index contributed by atoms with van der Waals surface area (Å²) in [7, 11) is 0. The number of halogens is 3. The van der Waals surface area contributed by atoms with Crippen LogP contribution in [0.1, 0.15) is 85.2 Å². The van der Waals surface area contributed by atoms with Crippen molar-refractivity contribution in [3.8, 4) is 22.5 Å². The van der Waals surface area contributed by atoms with Crippen molar-refractivity contribution in [2.45, 2.75) is 90.5 Å². The summed E-state index contributed by atoms with van der Waals surface area (Å²) < 4.78 is 18.1. The SMILES string of the molecule is Cc1cc(-c2cnc3c(NCC(C)(C)O)cc(Br)nn23)ccc1C(=O)NC1CC1.Cc1cc(-c2cnc3c(NCC(C)(C)O)cc(Nc4cccc(F)c4Cl)nn23)ccc1C(=O)NC1CC1. The first-order chi connectivity index (χ1) is 31.3. The molecule has 2 fully saturated rings. The highest BCUT2D eigenvalue weighted by molar-refractivity contribution is 9.10. The van der Waals surface area contributed by atoms with Crippen molar-refractivity contribution in [3.05, 3.63) is 117 Å². The van der Waals surface area contributed by atoms with Crippen LogP contribution < -0.4 is 26.6 Å². The number of carbonyl (C=O) groups is 2. The number of aryl methyl sites for hydroxylation is 2. The van der Waals surface area contributed by atoms with Crippen LogP contribution in [0.25, 0.3) is 33.8 Å². The maximum atomic E-state index is 14.0. The van der Waals surface area contributed by atoms with Gasteiger partial charge in [0.15, 0.2) is 17.1 Å². The number of benzene rings is 3. The van der Waals surface area contributed by atoms with Gasteiger partial charge in [-0.3, -0.25) is 9.59 Å². The van der Waals surface area contributed by atoms with Crippen LogP contribution in [0.3, 0.4) is 0 Å². The molecule has 7 aromatic rings. The number of rotatable bonds is 14. The number of hydrogen-bond acceptors (Lipinski definition) is 11. The van der Waals surface area contributed by atoms with E-state index >= 15 is 0 Å². The van der Waals surface area contributed by atoms with Gasteiger partial charge in [0.2, 0.25) is 0 Å². The molecule has 66 heavy (non-hydrogen) atoms. The van der Waals surface area contributed by atoms with Crippen LogP contribution in [0, 0.1) is 19.7 Å². The fraction of sp³-hybridized carbons (Fsp3) is 0.333. The monoisotopic (exact) mass is 979 g/mol. The minimum absolute atomic E-state index is 0.0198. The highest BCUT2D eigenvalue weighted by Crippen LogP contribution is 2.33. The Morgan fingerprint density at radius 1 is 0.727 bits per heavy atom. The van der Waals surface area contributed by atoms with Crippen molar-refractivity contribution in [3.63, 3.8) is 0 Å². The largest absolute Gasteiger partial charge is 0.389 e. The summed E-state index contributed by atoms with van der Waals surface area (Å²) in [5, 5.41) is 45.1. The Morgan fingerprint density at radius 3 is 1.68 bits per heavy atom. The van der Waals surface area contributed by atoms with E-state index in [-0.39, 0.29) is 29.4 Å². The van der Waals surface area contributed by atoms with Gasteiger partial charge in [-0.1, -0.05) is 29.8 Å². The topological polar surface area (TPSA) is 195 Å². The van der Waals surface area contributed by atoms with Gasteiger partial charge >= 0.3 is 0 Å². The number of amides is 2. The first-order valence-corrected chi connectivity index (χ1v) is 22.9. The summed E-state index contributed by atoms with van der Waals surface area (Å²) in [5.74, 6) is -0.236. The minimum atomic E-state index is -0.969. The molecule has 2 aliphatic carbocycles. The quantitative estimate of drug-likeness (QED) is 0.0550. The summed E-state index contributed by atoms with van der Waals surface area (Å²) >= 11 is 9.61. The zero-order valence-electron chi connectivity index (χ0n) is 37.4. The van der Waals surface area contributed by atoms with Crippen molar-refractivity contribution in [1.29, 1.82) is 0 Å². The van der Waals surface area contributed by atoms with E-state index in [0.29, 0.717) is 62.5 Å². The summed E-state index contributed by atoms with van der Waals surface area (Å²) in [4.78, 5) is 34.1. The number of fused-ring (bicyclic) bond motifs is 2. The minimum Gasteiger partial charge on any atom is -0.389 e.